The summed E-state index contributed by atoms with van der Waals surface area (Å²) in [6, 6.07) is 19.6. The van der Waals surface area contributed by atoms with E-state index in [2.05, 4.69) is 27.9 Å². The Labute approximate surface area is 216 Å². The number of benzene rings is 3. The molecule has 0 radical (unpaired) electrons. The molecule has 0 heterocycles. The van der Waals surface area contributed by atoms with E-state index in [1.54, 1.807) is 48.5 Å². The number of anilines is 1. The maximum atomic E-state index is 12.5. The van der Waals surface area contributed by atoms with Crippen LogP contribution in [0.15, 0.2) is 66.2 Å². The Balaban J connectivity index is 1.68. The maximum absolute atomic E-state index is 12.5. The van der Waals surface area contributed by atoms with Crippen LogP contribution < -0.4 is 14.8 Å². The first-order valence-electron chi connectivity index (χ1n) is 9.92. The molecular weight excluding hydrogens is 574 g/mol. The van der Waals surface area contributed by atoms with Crippen molar-refractivity contribution >= 4 is 63.5 Å². The van der Waals surface area contributed by atoms with Gasteiger partial charge in [0.05, 0.1) is 10.2 Å². The van der Waals surface area contributed by atoms with Crippen molar-refractivity contribution in [2.24, 2.45) is 0 Å². The third kappa shape index (κ3) is 7.13. The highest BCUT2D eigenvalue weighted by atomic mass is 127. The molecule has 0 aliphatic rings. The van der Waals surface area contributed by atoms with Gasteiger partial charge < -0.3 is 14.8 Å². The minimum absolute atomic E-state index is 0.0127. The van der Waals surface area contributed by atoms with Gasteiger partial charge in [-0.15, -0.1) is 0 Å². The lowest BCUT2D eigenvalue weighted by Crippen LogP contribution is -2.13. The van der Waals surface area contributed by atoms with E-state index in [-0.39, 0.29) is 12.2 Å². The molecule has 1 N–H and O–H groups in total. The summed E-state index contributed by atoms with van der Waals surface area (Å²) in [7, 11) is 0. The number of rotatable bonds is 8. The molecule has 0 bridgehead atoms. The number of nitrogens with zero attached hydrogens (tertiary/aromatic N) is 1. The van der Waals surface area contributed by atoms with Crippen molar-refractivity contribution in [3.63, 3.8) is 0 Å². The topological polar surface area (TPSA) is 71.3 Å². The molecule has 0 atom stereocenters. The van der Waals surface area contributed by atoms with Crippen molar-refractivity contribution in [1.29, 1.82) is 5.26 Å². The van der Waals surface area contributed by atoms with E-state index < -0.39 is 5.91 Å². The van der Waals surface area contributed by atoms with Crippen LogP contribution in [0.2, 0.25) is 10.0 Å². The van der Waals surface area contributed by atoms with E-state index in [0.717, 1.165) is 9.13 Å². The lowest BCUT2D eigenvalue weighted by molar-refractivity contribution is -0.112. The number of carbonyl (C=O) groups excluding carboxylic acids is 1. The zero-order chi connectivity index (χ0) is 23.8. The molecule has 3 aromatic rings. The van der Waals surface area contributed by atoms with E-state index >= 15 is 0 Å². The fourth-order valence-electron chi connectivity index (χ4n) is 2.83. The summed E-state index contributed by atoms with van der Waals surface area (Å²) >= 11 is 14.3. The highest BCUT2D eigenvalue weighted by molar-refractivity contribution is 14.1. The molecule has 0 saturated carbocycles. The third-order valence-corrected chi connectivity index (χ3v) is 5.88. The van der Waals surface area contributed by atoms with Gasteiger partial charge in [-0.1, -0.05) is 35.3 Å². The molecule has 3 rings (SSSR count). The highest BCUT2D eigenvalue weighted by Gasteiger charge is 2.11. The predicted molar refractivity (Wildman–Crippen MR) is 140 cm³/mol. The SMILES string of the molecule is CCOc1ccc(NC(=O)/C(C#N)=C\c2ccc(OCc3ccc(Cl)cc3Cl)c(I)c2)cc1. The summed E-state index contributed by atoms with van der Waals surface area (Å²) in [6.07, 6.45) is 1.53. The first kappa shape index (κ1) is 24.9. The fourth-order valence-corrected chi connectivity index (χ4v) is 3.99. The quantitative estimate of drug-likeness (QED) is 0.172. The second-order valence-corrected chi connectivity index (χ2v) is 8.80. The van der Waals surface area contributed by atoms with Crippen LogP contribution in [0.4, 0.5) is 5.69 Å². The van der Waals surface area contributed by atoms with Gasteiger partial charge in [-0.25, -0.2) is 0 Å². The van der Waals surface area contributed by atoms with Gasteiger partial charge in [0.1, 0.15) is 29.7 Å². The summed E-state index contributed by atoms with van der Waals surface area (Å²) in [5.74, 6) is 0.882. The number of hydrogen-bond donors (Lipinski definition) is 1. The number of carbonyl (C=O) groups is 1. The largest absolute Gasteiger partial charge is 0.494 e. The molecule has 8 heteroatoms. The van der Waals surface area contributed by atoms with Crippen molar-refractivity contribution in [2.45, 2.75) is 13.5 Å². The van der Waals surface area contributed by atoms with Gasteiger partial charge >= 0.3 is 0 Å². The minimum Gasteiger partial charge on any atom is -0.494 e. The molecular formula is C25H19Cl2IN2O3. The molecule has 0 unspecified atom stereocenters. The molecule has 0 saturated heterocycles. The molecule has 5 nitrogen and oxygen atoms in total. The van der Waals surface area contributed by atoms with Crippen molar-refractivity contribution < 1.29 is 14.3 Å². The molecule has 3 aromatic carbocycles. The number of hydrogen-bond acceptors (Lipinski definition) is 4. The molecule has 1 amide bonds. The Hall–Kier alpha value is -2.73. The van der Waals surface area contributed by atoms with E-state index in [9.17, 15) is 10.1 Å². The summed E-state index contributed by atoms with van der Waals surface area (Å²) in [4.78, 5) is 12.5. The monoisotopic (exact) mass is 592 g/mol. The number of ether oxygens (including phenoxy) is 2. The van der Waals surface area contributed by atoms with E-state index in [1.165, 1.54) is 6.08 Å². The molecule has 33 heavy (non-hydrogen) atoms. The molecule has 0 aliphatic carbocycles. The van der Waals surface area contributed by atoms with E-state index in [4.69, 9.17) is 32.7 Å². The number of amides is 1. The van der Waals surface area contributed by atoms with Crippen molar-refractivity contribution in [1.82, 2.24) is 0 Å². The van der Waals surface area contributed by atoms with Crippen LogP contribution in [0, 0.1) is 14.9 Å². The molecule has 0 aromatic heterocycles. The Morgan fingerprint density at radius 3 is 2.48 bits per heavy atom. The number of nitriles is 1. The zero-order valence-electron chi connectivity index (χ0n) is 17.6. The van der Waals surface area contributed by atoms with Crippen molar-refractivity contribution in [3.05, 3.63) is 91.0 Å². The second-order valence-electron chi connectivity index (χ2n) is 6.80. The van der Waals surface area contributed by atoms with Crippen LogP contribution >= 0.6 is 45.8 Å². The molecule has 0 spiro atoms. The van der Waals surface area contributed by atoms with Crippen LogP contribution in [0.3, 0.4) is 0 Å². The van der Waals surface area contributed by atoms with Gasteiger partial charge in [0.15, 0.2) is 0 Å². The predicted octanol–water partition coefficient (Wildman–Crippen LogP) is 7.12. The Morgan fingerprint density at radius 2 is 1.85 bits per heavy atom. The Morgan fingerprint density at radius 1 is 1.09 bits per heavy atom. The highest BCUT2D eigenvalue weighted by Crippen LogP contribution is 2.27. The first-order chi connectivity index (χ1) is 15.9. The zero-order valence-corrected chi connectivity index (χ0v) is 21.2. The summed E-state index contributed by atoms with van der Waals surface area (Å²) < 4.78 is 12.1. The summed E-state index contributed by atoms with van der Waals surface area (Å²) in [5.41, 5.74) is 2.08. The molecule has 0 fully saturated rings. The van der Waals surface area contributed by atoms with Gasteiger partial charge in [0, 0.05) is 21.3 Å². The van der Waals surface area contributed by atoms with Crippen LogP contribution in [-0.2, 0) is 11.4 Å². The minimum atomic E-state index is -0.491. The van der Waals surface area contributed by atoms with Gasteiger partial charge in [-0.05, 0) is 89.7 Å². The first-order valence-corrected chi connectivity index (χ1v) is 11.8. The van der Waals surface area contributed by atoms with Gasteiger partial charge in [-0.2, -0.15) is 5.26 Å². The Kier molecular flexibility index (Phi) is 9.01. The van der Waals surface area contributed by atoms with Crippen LogP contribution in [0.5, 0.6) is 11.5 Å². The average Bonchev–Trinajstić information content (AvgIpc) is 2.79. The lowest BCUT2D eigenvalue weighted by atomic mass is 10.1. The number of nitrogens with one attached hydrogen (secondary N) is 1. The lowest BCUT2D eigenvalue weighted by Gasteiger charge is -2.10. The molecule has 0 aliphatic heterocycles. The smallest absolute Gasteiger partial charge is 0.266 e. The van der Waals surface area contributed by atoms with Gasteiger partial charge in [0.2, 0.25) is 0 Å². The van der Waals surface area contributed by atoms with Gasteiger partial charge in [-0.3, -0.25) is 4.79 Å². The second kappa shape index (κ2) is 11.9. The number of halogens is 3. The standard InChI is InChI=1S/C25H19Cl2IN2O3/c1-2-32-21-8-6-20(7-9-21)30-25(31)18(14-29)11-16-3-10-24(23(28)12-16)33-15-17-4-5-19(26)13-22(17)27/h3-13H,2,15H2,1H3,(H,30,31)/b18-11-. The van der Waals surface area contributed by atoms with Crippen molar-refractivity contribution in [3.8, 4) is 17.6 Å². The van der Waals surface area contributed by atoms with Crippen molar-refractivity contribution in [2.75, 3.05) is 11.9 Å². The normalized spacial score (nSPS) is 10.9. The van der Waals surface area contributed by atoms with Crippen LogP contribution in [-0.4, -0.2) is 12.5 Å². The maximum Gasteiger partial charge on any atom is 0.266 e. The molecule has 168 valence electrons. The Bertz CT molecular complexity index is 1220. The van der Waals surface area contributed by atoms with Crippen LogP contribution in [0.1, 0.15) is 18.1 Å². The third-order valence-electron chi connectivity index (χ3n) is 4.45. The average molecular weight is 593 g/mol. The van der Waals surface area contributed by atoms with E-state index in [1.807, 2.05) is 25.1 Å². The summed E-state index contributed by atoms with van der Waals surface area (Å²) in [5, 5.41) is 13.3. The van der Waals surface area contributed by atoms with Crippen LogP contribution in [0.25, 0.3) is 6.08 Å². The summed E-state index contributed by atoms with van der Waals surface area (Å²) in [6.45, 7) is 2.74. The fraction of sp³-hybridized carbons (Fsp3) is 0.120. The van der Waals surface area contributed by atoms with E-state index in [0.29, 0.717) is 39.4 Å². The van der Waals surface area contributed by atoms with Gasteiger partial charge in [0.25, 0.3) is 5.91 Å².